The summed E-state index contributed by atoms with van der Waals surface area (Å²) < 4.78 is 0. The maximum absolute atomic E-state index is 6.55. The fraction of sp³-hybridized carbons (Fsp3) is 0.0769. The fourth-order valence-corrected chi connectivity index (χ4v) is 3.93. The topological polar surface area (TPSA) is 104 Å². The molecule has 0 bridgehead atoms. The molecule has 0 spiro atoms. The van der Waals surface area contributed by atoms with Crippen LogP contribution < -0.4 is 11.5 Å². The summed E-state index contributed by atoms with van der Waals surface area (Å²) in [5.74, 6) is 0.971. The lowest BCUT2D eigenvalue weighted by Gasteiger charge is -2.15. The first-order valence-electron chi connectivity index (χ1n) is 10.4. The number of hydrogen-bond donors (Lipinski definition) is 2. The second kappa shape index (κ2) is 8.53. The van der Waals surface area contributed by atoms with Crippen molar-refractivity contribution >= 4 is 16.7 Å². The molecule has 3 heterocycles. The Balaban J connectivity index is 1.72. The molecule has 0 atom stereocenters. The van der Waals surface area contributed by atoms with E-state index in [1.54, 1.807) is 12.4 Å². The molecule has 0 aliphatic rings. The van der Waals surface area contributed by atoms with Crippen LogP contribution in [0.5, 0.6) is 0 Å². The summed E-state index contributed by atoms with van der Waals surface area (Å²) in [4.78, 5) is 18.2. The van der Waals surface area contributed by atoms with Crippen LogP contribution in [-0.4, -0.2) is 19.9 Å². The van der Waals surface area contributed by atoms with Gasteiger partial charge in [-0.25, -0.2) is 9.97 Å². The molecular weight excluding hydrogens is 396 g/mol. The maximum atomic E-state index is 6.55. The largest absolute Gasteiger partial charge is 0.383 e. The molecule has 0 radical (unpaired) electrons. The monoisotopic (exact) mass is 418 g/mol. The summed E-state index contributed by atoms with van der Waals surface area (Å²) in [6.45, 7) is 0.402. The third-order valence-electron chi connectivity index (χ3n) is 5.43. The van der Waals surface area contributed by atoms with Gasteiger partial charge in [-0.15, -0.1) is 0 Å². The molecule has 6 heteroatoms. The van der Waals surface area contributed by atoms with Gasteiger partial charge in [0.1, 0.15) is 5.82 Å². The van der Waals surface area contributed by atoms with Crippen molar-refractivity contribution in [2.45, 2.75) is 13.0 Å². The van der Waals surface area contributed by atoms with E-state index in [9.17, 15) is 0 Å². The van der Waals surface area contributed by atoms with Crippen molar-refractivity contribution in [1.82, 2.24) is 19.9 Å². The molecule has 0 saturated carbocycles. The minimum absolute atomic E-state index is 0.402. The third-order valence-corrected chi connectivity index (χ3v) is 5.43. The Hall–Kier alpha value is -4.16. The Morgan fingerprint density at radius 2 is 1.66 bits per heavy atom. The first kappa shape index (κ1) is 19.8. The molecule has 0 saturated heterocycles. The van der Waals surface area contributed by atoms with E-state index in [1.807, 2.05) is 54.7 Å². The Bertz CT molecular complexity index is 1380. The van der Waals surface area contributed by atoms with Gasteiger partial charge in [0.15, 0.2) is 5.82 Å². The molecular formula is C26H22N6. The number of nitrogens with two attached hydrogens (primary N) is 2. The SMILES string of the molecule is NCc1cncc(-c2nc(N)c3c(-c4ccccc4)c(Cc4ccccn4)ccc3n2)c1. The molecule has 32 heavy (non-hydrogen) atoms. The number of fused-ring (bicyclic) bond motifs is 1. The Labute approximate surface area is 186 Å². The highest BCUT2D eigenvalue weighted by atomic mass is 15.0. The summed E-state index contributed by atoms with van der Waals surface area (Å²) in [6, 6.07) is 22.2. The molecule has 0 aliphatic heterocycles. The number of aromatic nitrogens is 4. The van der Waals surface area contributed by atoms with Crippen LogP contribution in [0.1, 0.15) is 16.8 Å². The lowest BCUT2D eigenvalue weighted by Crippen LogP contribution is -2.03. The van der Waals surface area contributed by atoms with Gasteiger partial charge in [0, 0.05) is 42.8 Å². The predicted molar refractivity (Wildman–Crippen MR) is 128 cm³/mol. The second-order valence-electron chi connectivity index (χ2n) is 7.58. The first-order valence-corrected chi connectivity index (χ1v) is 10.4. The molecule has 4 N–H and O–H groups in total. The van der Waals surface area contributed by atoms with Crippen LogP contribution >= 0.6 is 0 Å². The van der Waals surface area contributed by atoms with Gasteiger partial charge in [-0.1, -0.05) is 42.5 Å². The van der Waals surface area contributed by atoms with Crippen LogP contribution in [0, 0.1) is 0 Å². The van der Waals surface area contributed by atoms with E-state index in [4.69, 9.17) is 16.5 Å². The van der Waals surface area contributed by atoms with Gasteiger partial charge in [-0.05, 0) is 46.5 Å². The van der Waals surface area contributed by atoms with Crippen molar-refractivity contribution in [2.75, 3.05) is 5.73 Å². The lowest BCUT2D eigenvalue weighted by molar-refractivity contribution is 1.04. The molecule has 0 fully saturated rings. The van der Waals surface area contributed by atoms with E-state index in [0.29, 0.717) is 24.6 Å². The Morgan fingerprint density at radius 1 is 0.812 bits per heavy atom. The minimum atomic E-state index is 0.402. The quantitative estimate of drug-likeness (QED) is 0.439. The number of pyridine rings is 2. The van der Waals surface area contributed by atoms with Crippen LogP contribution in [0.3, 0.4) is 0 Å². The highest BCUT2D eigenvalue weighted by Crippen LogP contribution is 2.36. The summed E-state index contributed by atoms with van der Waals surface area (Å²) in [6.07, 6.45) is 5.97. The van der Waals surface area contributed by atoms with Gasteiger partial charge in [-0.3, -0.25) is 9.97 Å². The van der Waals surface area contributed by atoms with Crippen LogP contribution in [0.25, 0.3) is 33.4 Å². The van der Waals surface area contributed by atoms with Gasteiger partial charge < -0.3 is 11.5 Å². The molecule has 0 unspecified atom stereocenters. The summed E-state index contributed by atoms with van der Waals surface area (Å²) in [5.41, 5.74) is 19.0. The van der Waals surface area contributed by atoms with E-state index in [2.05, 4.69) is 33.2 Å². The standard InChI is InChI=1S/C26H22N6/c27-14-17-12-20(16-29-15-17)26-31-22-10-9-19(13-21-8-4-5-11-30-21)23(24(22)25(28)32-26)18-6-2-1-3-7-18/h1-12,15-16H,13-14,27H2,(H2,28,31,32). The number of benzene rings is 2. The summed E-state index contributed by atoms with van der Waals surface area (Å²) in [7, 11) is 0. The second-order valence-corrected chi connectivity index (χ2v) is 7.58. The normalized spacial score (nSPS) is 11.0. The lowest BCUT2D eigenvalue weighted by atomic mass is 9.92. The maximum Gasteiger partial charge on any atom is 0.163 e. The van der Waals surface area contributed by atoms with Gasteiger partial charge in [-0.2, -0.15) is 0 Å². The van der Waals surface area contributed by atoms with Gasteiger partial charge in [0.25, 0.3) is 0 Å². The average molecular weight is 419 g/mol. The van der Waals surface area contributed by atoms with Crippen LogP contribution in [-0.2, 0) is 13.0 Å². The van der Waals surface area contributed by atoms with Crippen molar-refractivity contribution in [2.24, 2.45) is 5.73 Å². The van der Waals surface area contributed by atoms with Crippen molar-refractivity contribution in [3.63, 3.8) is 0 Å². The van der Waals surface area contributed by atoms with Crippen LogP contribution in [0.15, 0.2) is 85.3 Å². The van der Waals surface area contributed by atoms with Crippen LogP contribution in [0.4, 0.5) is 5.82 Å². The summed E-state index contributed by atoms with van der Waals surface area (Å²) >= 11 is 0. The minimum Gasteiger partial charge on any atom is -0.383 e. The average Bonchev–Trinajstić information content (AvgIpc) is 2.85. The van der Waals surface area contributed by atoms with Crippen molar-refractivity contribution in [3.8, 4) is 22.5 Å². The van der Waals surface area contributed by atoms with E-state index in [1.165, 1.54) is 0 Å². The van der Waals surface area contributed by atoms with Gasteiger partial charge >= 0.3 is 0 Å². The smallest absolute Gasteiger partial charge is 0.163 e. The molecule has 2 aromatic carbocycles. The highest BCUT2D eigenvalue weighted by molar-refractivity contribution is 6.03. The molecule has 0 amide bonds. The highest BCUT2D eigenvalue weighted by Gasteiger charge is 2.17. The van der Waals surface area contributed by atoms with E-state index in [0.717, 1.165) is 44.4 Å². The first-order chi connectivity index (χ1) is 15.7. The molecule has 5 aromatic rings. The number of nitrogen functional groups attached to an aromatic ring is 1. The molecule has 5 rings (SSSR count). The number of rotatable bonds is 5. The van der Waals surface area contributed by atoms with Gasteiger partial charge in [0.05, 0.1) is 10.9 Å². The Kier molecular flexibility index (Phi) is 5.27. The third kappa shape index (κ3) is 3.79. The van der Waals surface area contributed by atoms with E-state index < -0.39 is 0 Å². The zero-order valence-electron chi connectivity index (χ0n) is 17.4. The molecule has 3 aromatic heterocycles. The van der Waals surface area contributed by atoms with E-state index >= 15 is 0 Å². The number of nitrogens with zero attached hydrogens (tertiary/aromatic N) is 4. The van der Waals surface area contributed by atoms with Crippen molar-refractivity contribution < 1.29 is 0 Å². The fourth-order valence-electron chi connectivity index (χ4n) is 3.93. The zero-order chi connectivity index (χ0) is 21.9. The molecule has 0 aliphatic carbocycles. The van der Waals surface area contributed by atoms with Crippen molar-refractivity contribution in [3.05, 3.63) is 102 Å². The van der Waals surface area contributed by atoms with Crippen molar-refractivity contribution in [1.29, 1.82) is 0 Å². The van der Waals surface area contributed by atoms with Crippen LogP contribution in [0.2, 0.25) is 0 Å². The zero-order valence-corrected chi connectivity index (χ0v) is 17.4. The molecule has 156 valence electrons. The number of hydrogen-bond acceptors (Lipinski definition) is 6. The number of anilines is 1. The van der Waals surface area contributed by atoms with E-state index in [-0.39, 0.29) is 0 Å². The van der Waals surface area contributed by atoms with Gasteiger partial charge in [0.2, 0.25) is 0 Å². The molecule has 6 nitrogen and oxygen atoms in total. The summed E-state index contributed by atoms with van der Waals surface area (Å²) in [5, 5.41) is 0.844. The Morgan fingerprint density at radius 3 is 2.44 bits per heavy atom. The predicted octanol–water partition coefficient (Wildman–Crippen LogP) is 4.39.